The third kappa shape index (κ3) is 7.19. The van der Waals surface area contributed by atoms with Gasteiger partial charge in [-0.1, -0.05) is 12.0 Å². The van der Waals surface area contributed by atoms with Gasteiger partial charge in [0.25, 0.3) is 0 Å². The van der Waals surface area contributed by atoms with Crippen molar-refractivity contribution in [2.45, 2.75) is 78.7 Å². The lowest BCUT2D eigenvalue weighted by molar-refractivity contribution is 0.0514. The Balaban J connectivity index is 1.90. The SMILES string of the molecule is C#C[C@@H](Cc1sc2c(N(Cc3cccs3)C(=O)OC(C)(C)C)snc2c1C)NC(=O)OC(C)(C)C. The van der Waals surface area contributed by atoms with Crippen LogP contribution < -0.4 is 10.2 Å². The third-order valence-corrected chi connectivity index (χ3v) is 7.84. The van der Waals surface area contributed by atoms with E-state index in [9.17, 15) is 9.59 Å². The molecule has 2 amide bonds. The Morgan fingerprint density at radius 3 is 2.46 bits per heavy atom. The quantitative estimate of drug-likeness (QED) is 0.355. The molecule has 0 bridgehead atoms. The van der Waals surface area contributed by atoms with Gasteiger partial charge in [0.15, 0.2) is 0 Å². The lowest BCUT2D eigenvalue weighted by Gasteiger charge is -2.26. The second-order valence-corrected chi connectivity index (χ2v) is 12.9. The van der Waals surface area contributed by atoms with Gasteiger partial charge >= 0.3 is 12.2 Å². The van der Waals surface area contributed by atoms with Crippen LogP contribution in [0.3, 0.4) is 0 Å². The monoisotopic (exact) mass is 533 g/mol. The summed E-state index contributed by atoms with van der Waals surface area (Å²) in [5.41, 5.74) is 0.576. The molecule has 3 aromatic heterocycles. The molecule has 0 fully saturated rings. The molecule has 10 heteroatoms. The molecule has 7 nitrogen and oxygen atoms in total. The Hall–Kier alpha value is -2.61. The Labute approximate surface area is 218 Å². The van der Waals surface area contributed by atoms with Crippen LogP contribution in [0.25, 0.3) is 10.2 Å². The minimum Gasteiger partial charge on any atom is -0.444 e. The number of anilines is 1. The number of hydrogen-bond donors (Lipinski definition) is 1. The predicted octanol–water partition coefficient (Wildman–Crippen LogP) is 6.74. The summed E-state index contributed by atoms with van der Waals surface area (Å²) in [7, 11) is 0. The van der Waals surface area contributed by atoms with Crippen molar-refractivity contribution in [2.24, 2.45) is 0 Å². The summed E-state index contributed by atoms with van der Waals surface area (Å²) in [5.74, 6) is 2.64. The zero-order valence-electron chi connectivity index (χ0n) is 21.1. The molecule has 1 atom stereocenters. The lowest BCUT2D eigenvalue weighted by atomic mass is 10.1. The maximum absolute atomic E-state index is 13.2. The first-order valence-corrected chi connectivity index (χ1v) is 13.6. The molecule has 0 aliphatic heterocycles. The highest BCUT2D eigenvalue weighted by molar-refractivity contribution is 7.25. The summed E-state index contributed by atoms with van der Waals surface area (Å²) < 4.78 is 16.6. The molecule has 3 heterocycles. The fourth-order valence-corrected chi connectivity index (χ4v) is 6.23. The number of carbonyl (C=O) groups is 2. The van der Waals surface area contributed by atoms with Crippen molar-refractivity contribution in [1.29, 1.82) is 0 Å². The molecule has 35 heavy (non-hydrogen) atoms. The number of alkyl carbamates (subject to hydrolysis) is 1. The van der Waals surface area contributed by atoms with Crippen LogP contribution in [0, 0.1) is 19.3 Å². The summed E-state index contributed by atoms with van der Waals surface area (Å²) in [5, 5.41) is 5.47. The number of nitrogens with one attached hydrogen (secondary N) is 1. The summed E-state index contributed by atoms with van der Waals surface area (Å²) in [6, 6.07) is 3.41. The molecule has 0 radical (unpaired) electrons. The molecule has 0 aliphatic carbocycles. The van der Waals surface area contributed by atoms with E-state index >= 15 is 0 Å². The molecular formula is C25H31N3O4S3. The van der Waals surface area contributed by atoms with Gasteiger partial charge in [0, 0.05) is 16.2 Å². The van der Waals surface area contributed by atoms with Crippen LogP contribution in [-0.4, -0.2) is 33.8 Å². The van der Waals surface area contributed by atoms with E-state index in [0.717, 1.165) is 30.5 Å². The van der Waals surface area contributed by atoms with E-state index in [2.05, 4.69) is 15.6 Å². The molecule has 0 unspecified atom stereocenters. The van der Waals surface area contributed by atoms with Gasteiger partial charge in [-0.3, -0.25) is 4.90 Å². The molecule has 0 saturated carbocycles. The lowest BCUT2D eigenvalue weighted by Crippen LogP contribution is -2.39. The number of aryl methyl sites for hydroxylation is 1. The molecule has 1 N–H and O–H groups in total. The minimum atomic E-state index is -0.627. The Kier molecular flexibility index (Phi) is 8.14. The van der Waals surface area contributed by atoms with E-state index in [0.29, 0.717) is 13.0 Å². The average Bonchev–Trinajstić information content (AvgIpc) is 3.42. The zero-order chi connectivity index (χ0) is 26.0. The van der Waals surface area contributed by atoms with Crippen molar-refractivity contribution in [1.82, 2.24) is 9.69 Å². The maximum Gasteiger partial charge on any atom is 0.415 e. The molecule has 3 aromatic rings. The summed E-state index contributed by atoms with van der Waals surface area (Å²) in [6.45, 7) is 13.3. The number of carbonyl (C=O) groups excluding carboxylic acids is 2. The van der Waals surface area contributed by atoms with Gasteiger partial charge in [-0.15, -0.1) is 29.1 Å². The first kappa shape index (κ1) is 27.0. The highest BCUT2D eigenvalue weighted by Gasteiger charge is 2.29. The minimum absolute atomic E-state index is 0.392. The molecular weight excluding hydrogens is 502 g/mol. The van der Waals surface area contributed by atoms with Gasteiger partial charge in [0.05, 0.1) is 17.3 Å². The summed E-state index contributed by atoms with van der Waals surface area (Å²) >= 11 is 4.39. The number of nitrogens with zero attached hydrogens (tertiary/aromatic N) is 2. The highest BCUT2D eigenvalue weighted by Crippen LogP contribution is 2.42. The topological polar surface area (TPSA) is 80.8 Å². The van der Waals surface area contributed by atoms with E-state index in [1.807, 2.05) is 45.2 Å². The van der Waals surface area contributed by atoms with Crippen molar-refractivity contribution < 1.29 is 19.1 Å². The molecule has 0 aromatic carbocycles. The van der Waals surface area contributed by atoms with Crippen LogP contribution in [0.4, 0.5) is 14.6 Å². The fraction of sp³-hybridized carbons (Fsp3) is 0.480. The van der Waals surface area contributed by atoms with Crippen molar-refractivity contribution in [3.63, 3.8) is 0 Å². The van der Waals surface area contributed by atoms with Crippen molar-refractivity contribution in [3.8, 4) is 12.3 Å². The summed E-state index contributed by atoms with van der Waals surface area (Å²) in [6.07, 6.45) is 5.17. The highest BCUT2D eigenvalue weighted by atomic mass is 32.1. The number of aromatic nitrogens is 1. The van der Waals surface area contributed by atoms with E-state index in [4.69, 9.17) is 15.9 Å². The van der Waals surface area contributed by atoms with E-state index in [-0.39, 0.29) is 0 Å². The van der Waals surface area contributed by atoms with Gasteiger partial charge in [-0.25, -0.2) is 9.59 Å². The van der Waals surface area contributed by atoms with Gasteiger partial charge in [-0.05, 0) is 77.0 Å². The third-order valence-electron chi connectivity index (χ3n) is 4.67. The first-order chi connectivity index (χ1) is 16.3. The van der Waals surface area contributed by atoms with Crippen molar-refractivity contribution in [3.05, 3.63) is 32.8 Å². The maximum atomic E-state index is 13.2. The molecule has 0 aliphatic rings. The van der Waals surface area contributed by atoms with Gasteiger partial charge < -0.3 is 14.8 Å². The summed E-state index contributed by atoms with van der Waals surface area (Å²) in [4.78, 5) is 29.1. The van der Waals surface area contributed by atoms with E-state index in [1.165, 1.54) is 22.9 Å². The Morgan fingerprint density at radius 2 is 1.89 bits per heavy atom. The standard InChI is InChI=1S/C25H31N3O4S3/c1-9-16(26-22(29)31-24(3,4)5)13-18-15(2)19-20(34-18)21(35-27-19)28(14-17-11-10-12-33-17)23(30)32-25(6,7)8/h1,10-12,16H,13-14H2,2-8H3,(H,26,29)/t16-/m0/s1. The van der Waals surface area contributed by atoms with Crippen LogP contribution in [0.5, 0.6) is 0 Å². The molecule has 3 rings (SSSR count). The second kappa shape index (κ2) is 10.6. The number of ether oxygens (including phenoxy) is 2. The van der Waals surface area contributed by atoms with E-state index < -0.39 is 29.4 Å². The number of amides is 2. The largest absolute Gasteiger partial charge is 0.444 e. The number of rotatable bonds is 6. The smallest absolute Gasteiger partial charge is 0.415 e. The fourth-order valence-electron chi connectivity index (χ4n) is 3.18. The number of thiophene rings is 2. The zero-order valence-corrected chi connectivity index (χ0v) is 23.5. The second-order valence-electron chi connectivity index (χ2n) is 10.0. The number of fused-ring (bicyclic) bond motifs is 1. The normalized spacial score (nSPS) is 12.7. The number of terminal acetylenes is 1. The molecule has 188 valence electrons. The Bertz CT molecular complexity index is 1220. The van der Waals surface area contributed by atoms with Crippen molar-refractivity contribution >= 4 is 61.6 Å². The molecule has 0 saturated heterocycles. The van der Waals surface area contributed by atoms with Crippen LogP contribution in [0.1, 0.15) is 56.9 Å². The Morgan fingerprint density at radius 1 is 1.20 bits per heavy atom. The van der Waals surface area contributed by atoms with E-state index in [1.54, 1.807) is 37.0 Å². The van der Waals surface area contributed by atoms with Crippen LogP contribution in [0.15, 0.2) is 17.5 Å². The van der Waals surface area contributed by atoms with Crippen LogP contribution in [0.2, 0.25) is 0 Å². The van der Waals surface area contributed by atoms with Crippen LogP contribution >= 0.6 is 34.2 Å². The van der Waals surface area contributed by atoms with Crippen LogP contribution in [-0.2, 0) is 22.4 Å². The molecule has 0 spiro atoms. The predicted molar refractivity (Wildman–Crippen MR) is 145 cm³/mol. The van der Waals surface area contributed by atoms with Gasteiger partial charge in [0.1, 0.15) is 21.7 Å². The first-order valence-electron chi connectivity index (χ1n) is 11.1. The van der Waals surface area contributed by atoms with Crippen molar-refractivity contribution in [2.75, 3.05) is 4.90 Å². The average molecular weight is 534 g/mol. The number of hydrogen-bond acceptors (Lipinski definition) is 8. The van der Waals surface area contributed by atoms with Gasteiger partial charge in [0.2, 0.25) is 0 Å². The van der Waals surface area contributed by atoms with Gasteiger partial charge in [-0.2, -0.15) is 4.37 Å².